The lowest BCUT2D eigenvalue weighted by Gasteiger charge is -2.54. The number of sulfone groups is 1. The zero-order valence-electron chi connectivity index (χ0n) is 18.8. The van der Waals surface area contributed by atoms with E-state index in [9.17, 15) is 18.3 Å². The van der Waals surface area contributed by atoms with E-state index in [1.165, 1.54) is 12.4 Å². The zero-order chi connectivity index (χ0) is 23.4. The number of hydrogen-bond donors (Lipinski definition) is 1. The van der Waals surface area contributed by atoms with Crippen molar-refractivity contribution in [2.24, 2.45) is 5.41 Å². The molecule has 1 spiro atoms. The van der Waals surface area contributed by atoms with Gasteiger partial charge in [-0.2, -0.15) is 0 Å². The average Bonchev–Trinajstić information content (AvgIpc) is 3.14. The first kappa shape index (κ1) is 22.2. The minimum atomic E-state index is -3.34. The van der Waals surface area contributed by atoms with Crippen LogP contribution in [-0.4, -0.2) is 73.3 Å². The second-order valence-electron chi connectivity index (χ2n) is 9.54. The van der Waals surface area contributed by atoms with Gasteiger partial charge in [0.2, 0.25) is 0 Å². The zero-order valence-corrected chi connectivity index (χ0v) is 19.6. The summed E-state index contributed by atoms with van der Waals surface area (Å²) >= 11 is 0. The molecule has 33 heavy (non-hydrogen) atoms. The summed E-state index contributed by atoms with van der Waals surface area (Å²) in [5, 5.41) is 10.9. The molecule has 1 atom stereocenters. The Morgan fingerprint density at radius 3 is 2.55 bits per heavy atom. The molecule has 4 heterocycles. The number of hydrogen-bond acceptors (Lipinski definition) is 9. The van der Waals surface area contributed by atoms with Crippen LogP contribution in [0.3, 0.4) is 0 Å². The molecular formula is C23H28N4O5S. The van der Waals surface area contributed by atoms with Crippen molar-refractivity contribution < 1.29 is 23.1 Å². The molecule has 2 fully saturated rings. The number of piperidine rings is 1. The van der Waals surface area contributed by atoms with E-state index in [-0.39, 0.29) is 23.0 Å². The maximum absolute atomic E-state index is 11.8. The van der Waals surface area contributed by atoms with Crippen molar-refractivity contribution in [1.29, 1.82) is 0 Å². The summed E-state index contributed by atoms with van der Waals surface area (Å²) in [6.07, 6.45) is 5.45. The third-order valence-corrected chi connectivity index (χ3v) is 8.26. The number of anilines is 1. The van der Waals surface area contributed by atoms with Gasteiger partial charge in [0.25, 0.3) is 0 Å². The average molecular weight is 473 g/mol. The molecular weight excluding hydrogens is 444 g/mol. The maximum Gasteiger partial charge on any atom is 0.338 e. The minimum absolute atomic E-state index is 0.00825. The molecule has 1 N–H and O–H groups in total. The van der Waals surface area contributed by atoms with Crippen LogP contribution in [-0.2, 0) is 21.2 Å². The summed E-state index contributed by atoms with van der Waals surface area (Å²) in [5.74, 6) is 0.419. The molecule has 9 nitrogen and oxygen atoms in total. The van der Waals surface area contributed by atoms with E-state index in [4.69, 9.17) is 4.74 Å². The Balaban J connectivity index is 1.15. The van der Waals surface area contributed by atoms with Crippen molar-refractivity contribution in [3.8, 4) is 0 Å². The van der Waals surface area contributed by atoms with E-state index in [1.54, 1.807) is 6.07 Å². The summed E-state index contributed by atoms with van der Waals surface area (Å²) in [6, 6.07) is 3.60. The first-order chi connectivity index (χ1) is 15.7. The first-order valence-electron chi connectivity index (χ1n) is 11.1. The number of ether oxygens (including phenoxy) is 1. The predicted octanol–water partition coefficient (Wildman–Crippen LogP) is 1.49. The van der Waals surface area contributed by atoms with Gasteiger partial charge in [0.15, 0.2) is 14.9 Å². The van der Waals surface area contributed by atoms with Crippen LogP contribution in [0.1, 0.15) is 46.0 Å². The number of esters is 1. The number of aromatic nitrogens is 2. The molecule has 0 radical (unpaired) electrons. The summed E-state index contributed by atoms with van der Waals surface area (Å²) in [5.41, 5.74) is 3.53. The summed E-state index contributed by atoms with van der Waals surface area (Å²) in [4.78, 5) is 24.5. The van der Waals surface area contributed by atoms with Gasteiger partial charge in [0.05, 0.1) is 24.1 Å². The number of carbonyl (C=O) groups is 1. The molecule has 1 aromatic heterocycles. The molecule has 5 rings (SSSR count). The molecule has 0 aliphatic carbocycles. The molecule has 3 aliphatic rings. The second kappa shape index (κ2) is 8.03. The van der Waals surface area contributed by atoms with Gasteiger partial charge in [-0.05, 0) is 50.0 Å². The van der Waals surface area contributed by atoms with E-state index in [2.05, 4.69) is 19.8 Å². The maximum atomic E-state index is 11.8. The van der Waals surface area contributed by atoms with Crippen molar-refractivity contribution in [3.05, 3.63) is 46.8 Å². The SMILES string of the molecule is Cc1c([C@@H](O)CN2CCC3(CC2)CN(c2cnc(S(C)(=O)=O)cn2)C3)ccc2c1COC2=O. The smallest absolute Gasteiger partial charge is 0.338 e. The largest absolute Gasteiger partial charge is 0.457 e. The number of β-amino-alcohol motifs (C(OH)–C–C–N with tert-alkyl or cyclic N) is 1. The fourth-order valence-corrected chi connectivity index (χ4v) is 5.68. The highest BCUT2D eigenvalue weighted by molar-refractivity contribution is 7.90. The van der Waals surface area contributed by atoms with Gasteiger partial charge >= 0.3 is 5.97 Å². The van der Waals surface area contributed by atoms with Crippen LogP contribution in [0.4, 0.5) is 5.82 Å². The van der Waals surface area contributed by atoms with Crippen molar-refractivity contribution in [3.63, 3.8) is 0 Å². The third-order valence-electron chi connectivity index (χ3n) is 7.29. The number of nitrogens with zero attached hydrogens (tertiary/aromatic N) is 4. The molecule has 2 aromatic rings. The van der Waals surface area contributed by atoms with Crippen LogP contribution in [0.15, 0.2) is 29.6 Å². The van der Waals surface area contributed by atoms with Crippen LogP contribution in [0, 0.1) is 12.3 Å². The van der Waals surface area contributed by atoms with Crippen LogP contribution < -0.4 is 4.90 Å². The number of rotatable bonds is 5. The van der Waals surface area contributed by atoms with Crippen molar-refractivity contribution in [2.45, 2.75) is 37.5 Å². The standard InChI is InChI=1S/C23H28N4O5S/c1-15-16(3-4-17-18(15)12-32-22(17)29)19(28)11-26-7-5-23(6-8-26)13-27(14-23)20-9-25-21(10-24-20)33(2,30)31/h3-4,9-10,19,28H,5-8,11-14H2,1-2H3/t19-/m0/s1. The molecule has 0 unspecified atom stereocenters. The number of aliphatic hydroxyl groups excluding tert-OH is 1. The number of likely N-dealkylation sites (tertiary alicyclic amines) is 1. The molecule has 0 bridgehead atoms. The first-order valence-corrected chi connectivity index (χ1v) is 13.0. The van der Waals surface area contributed by atoms with Gasteiger partial charge in [-0.25, -0.2) is 23.2 Å². The number of cyclic esters (lactones) is 1. The number of benzene rings is 1. The molecule has 176 valence electrons. The fraction of sp³-hybridized carbons (Fsp3) is 0.522. The topological polar surface area (TPSA) is 113 Å². The van der Waals surface area contributed by atoms with Gasteiger partial charge in [0.1, 0.15) is 12.4 Å². The van der Waals surface area contributed by atoms with E-state index < -0.39 is 15.9 Å². The Labute approximate surface area is 193 Å². The summed E-state index contributed by atoms with van der Waals surface area (Å²) in [6.45, 7) is 6.38. The van der Waals surface area contributed by atoms with Crippen LogP contribution >= 0.6 is 0 Å². The van der Waals surface area contributed by atoms with Gasteiger partial charge in [-0.1, -0.05) is 6.07 Å². The van der Waals surface area contributed by atoms with Gasteiger partial charge < -0.3 is 19.6 Å². The minimum Gasteiger partial charge on any atom is -0.457 e. The van der Waals surface area contributed by atoms with Gasteiger partial charge in [-0.15, -0.1) is 0 Å². The highest BCUT2D eigenvalue weighted by atomic mass is 32.2. The molecule has 2 saturated heterocycles. The van der Waals surface area contributed by atoms with Crippen LogP contribution in [0.5, 0.6) is 0 Å². The molecule has 0 amide bonds. The van der Waals surface area contributed by atoms with Gasteiger partial charge in [0, 0.05) is 36.9 Å². The normalized spacial score (nSPS) is 20.9. The molecule has 1 aromatic carbocycles. The number of aliphatic hydroxyl groups is 1. The van der Waals surface area contributed by atoms with E-state index >= 15 is 0 Å². The van der Waals surface area contributed by atoms with Crippen molar-refractivity contribution in [2.75, 3.05) is 43.9 Å². The predicted molar refractivity (Wildman–Crippen MR) is 121 cm³/mol. The third kappa shape index (κ3) is 4.11. The lowest BCUT2D eigenvalue weighted by Crippen LogP contribution is -2.61. The van der Waals surface area contributed by atoms with E-state index in [0.29, 0.717) is 17.9 Å². The lowest BCUT2D eigenvalue weighted by atomic mass is 9.72. The number of fused-ring (bicyclic) bond motifs is 1. The van der Waals surface area contributed by atoms with E-state index in [0.717, 1.165) is 62.0 Å². The highest BCUT2D eigenvalue weighted by Gasteiger charge is 2.45. The molecule has 0 saturated carbocycles. The second-order valence-corrected chi connectivity index (χ2v) is 11.5. The monoisotopic (exact) mass is 472 g/mol. The van der Waals surface area contributed by atoms with Gasteiger partial charge in [-0.3, -0.25) is 0 Å². The Kier molecular flexibility index (Phi) is 5.42. The quantitative estimate of drug-likeness (QED) is 0.647. The van der Waals surface area contributed by atoms with Crippen molar-refractivity contribution in [1.82, 2.24) is 14.9 Å². The number of carbonyl (C=O) groups excluding carboxylic acids is 1. The molecule has 10 heteroatoms. The van der Waals surface area contributed by atoms with Crippen LogP contribution in [0.25, 0.3) is 0 Å². The Bertz CT molecular complexity index is 1180. The highest BCUT2D eigenvalue weighted by Crippen LogP contribution is 2.42. The summed E-state index contributed by atoms with van der Waals surface area (Å²) < 4.78 is 28.2. The fourth-order valence-electron chi connectivity index (χ4n) is 5.19. The Morgan fingerprint density at radius 2 is 1.91 bits per heavy atom. The Morgan fingerprint density at radius 1 is 1.18 bits per heavy atom. The Hall–Kier alpha value is -2.56. The van der Waals surface area contributed by atoms with Crippen LogP contribution in [0.2, 0.25) is 0 Å². The molecule has 3 aliphatic heterocycles. The summed E-state index contributed by atoms with van der Waals surface area (Å²) in [7, 11) is -3.34. The lowest BCUT2D eigenvalue weighted by molar-refractivity contribution is 0.0423. The van der Waals surface area contributed by atoms with Crippen molar-refractivity contribution >= 4 is 21.6 Å². The van der Waals surface area contributed by atoms with E-state index in [1.807, 2.05) is 13.0 Å².